The van der Waals surface area contributed by atoms with Crippen LogP contribution in [0.2, 0.25) is 0 Å². The molecule has 1 aliphatic heterocycles. The summed E-state index contributed by atoms with van der Waals surface area (Å²) in [7, 11) is 1.50. The van der Waals surface area contributed by atoms with E-state index in [2.05, 4.69) is 20.3 Å². The normalized spacial score (nSPS) is 20.6. The highest BCUT2D eigenvalue weighted by molar-refractivity contribution is 6.19. The van der Waals surface area contributed by atoms with Gasteiger partial charge in [0.1, 0.15) is 0 Å². The molecule has 1 amide bonds. The number of benzodiazepines with no additional fused rings is 1. The summed E-state index contributed by atoms with van der Waals surface area (Å²) in [5.41, 5.74) is 7.32. The number of methoxy groups -OCH3 is 1. The van der Waals surface area contributed by atoms with E-state index < -0.39 is 35.7 Å². The molecule has 3 N–H and O–H groups in total. The second kappa shape index (κ2) is 10.9. The molecule has 206 valence electrons. The average Bonchev–Trinajstić information content (AvgIpc) is 3.71. The van der Waals surface area contributed by atoms with Crippen LogP contribution in [-0.4, -0.2) is 48.4 Å². The zero-order valence-corrected chi connectivity index (χ0v) is 21.2. The summed E-state index contributed by atoms with van der Waals surface area (Å²) in [6.07, 6.45) is -4.85. The molecule has 3 aromatic rings. The summed E-state index contributed by atoms with van der Waals surface area (Å²) < 4.78 is 50.5. The summed E-state index contributed by atoms with van der Waals surface area (Å²) in [6.45, 7) is 0.340. The summed E-state index contributed by atoms with van der Waals surface area (Å²) in [6, 6.07) is 16.6. The predicted molar refractivity (Wildman–Crippen MR) is 143 cm³/mol. The van der Waals surface area contributed by atoms with Gasteiger partial charge in [-0.2, -0.15) is 18.2 Å². The van der Waals surface area contributed by atoms with E-state index in [4.69, 9.17) is 15.2 Å². The third-order valence-corrected chi connectivity index (χ3v) is 6.57. The number of rotatable bonds is 6. The first-order valence-corrected chi connectivity index (χ1v) is 12.3. The van der Waals surface area contributed by atoms with Gasteiger partial charge in [-0.15, -0.1) is 0 Å². The number of amidine groups is 1. The van der Waals surface area contributed by atoms with Crippen molar-refractivity contribution in [2.24, 2.45) is 21.6 Å². The lowest BCUT2D eigenvalue weighted by Gasteiger charge is -2.19. The van der Waals surface area contributed by atoms with Crippen molar-refractivity contribution in [1.29, 1.82) is 0 Å². The van der Waals surface area contributed by atoms with Crippen LogP contribution in [0, 0.1) is 5.92 Å². The van der Waals surface area contributed by atoms with Crippen molar-refractivity contribution < 1.29 is 27.4 Å². The second-order valence-electron chi connectivity index (χ2n) is 9.34. The van der Waals surface area contributed by atoms with Gasteiger partial charge in [-0.25, -0.2) is 4.99 Å². The van der Waals surface area contributed by atoms with Crippen molar-refractivity contribution in [2.75, 3.05) is 19.0 Å². The van der Waals surface area contributed by atoms with Crippen molar-refractivity contribution in [1.82, 2.24) is 4.98 Å². The Hall–Kier alpha value is -4.58. The molecule has 1 aliphatic carbocycles. The summed E-state index contributed by atoms with van der Waals surface area (Å²) in [5, 5.41) is 13.5. The first-order chi connectivity index (χ1) is 19.2. The van der Waals surface area contributed by atoms with E-state index in [9.17, 15) is 23.4 Å². The van der Waals surface area contributed by atoms with E-state index in [-0.39, 0.29) is 23.1 Å². The van der Waals surface area contributed by atoms with Crippen molar-refractivity contribution in [3.63, 3.8) is 0 Å². The fourth-order valence-electron chi connectivity index (χ4n) is 4.58. The average molecular weight is 550 g/mol. The minimum atomic E-state index is -4.62. The molecule has 0 saturated heterocycles. The Labute approximate surface area is 227 Å². The summed E-state index contributed by atoms with van der Waals surface area (Å²) in [4.78, 5) is 25.4. The zero-order chi connectivity index (χ0) is 28.4. The molecule has 0 radical (unpaired) electrons. The number of aromatic nitrogens is 1. The number of para-hydroxylation sites is 1. The maximum atomic E-state index is 13.4. The van der Waals surface area contributed by atoms with E-state index in [0.29, 0.717) is 36.2 Å². The third kappa shape index (κ3) is 5.71. The highest BCUT2D eigenvalue weighted by Gasteiger charge is 2.42. The Balaban J connectivity index is 1.44. The molecule has 9 nitrogen and oxygen atoms in total. The number of amides is 1. The summed E-state index contributed by atoms with van der Waals surface area (Å²) >= 11 is 0. The number of pyridine rings is 1. The Morgan fingerprint density at radius 1 is 1.18 bits per heavy atom. The lowest BCUT2D eigenvalue weighted by Crippen LogP contribution is -2.29. The van der Waals surface area contributed by atoms with Gasteiger partial charge in [0.25, 0.3) is 11.9 Å². The lowest BCUT2D eigenvalue weighted by molar-refractivity contribution is -0.137. The molecule has 0 spiro atoms. The molecule has 2 heterocycles. The number of nitrogens with two attached hydrogens (primary N) is 1. The Morgan fingerprint density at radius 3 is 2.62 bits per heavy atom. The molecule has 40 heavy (non-hydrogen) atoms. The molecule has 12 heteroatoms. The number of nitrogens with zero attached hydrogens (tertiary/aromatic N) is 4. The van der Waals surface area contributed by atoms with Gasteiger partial charge >= 0.3 is 6.18 Å². The number of nitrogens with one attached hydrogen (secondary N) is 1. The minimum absolute atomic E-state index is 0.0325. The Morgan fingerprint density at radius 2 is 1.90 bits per heavy atom. The zero-order valence-electron chi connectivity index (χ0n) is 21.2. The molecule has 1 fully saturated rings. The van der Waals surface area contributed by atoms with Crippen molar-refractivity contribution >= 4 is 29.2 Å². The number of carbonyl (C=O) groups is 1. The second-order valence-corrected chi connectivity index (χ2v) is 9.34. The third-order valence-electron chi connectivity index (χ3n) is 6.57. The van der Waals surface area contributed by atoms with Crippen LogP contribution in [0.4, 0.5) is 18.9 Å². The van der Waals surface area contributed by atoms with E-state index in [1.165, 1.54) is 7.11 Å². The standard InChI is InChI=1S/C28H24F3N6O3/c1-39-14-16-11-19(16)20-12-17(28(29,30)31)13-34-23(20)24(32)40-27(33)37-25-26(38)35-21-10-6-5-9-18(21)22(36-25)15-7-3-2-4-8-15/h2-10,12-13,16,19,25H,11,14H2,1H3,(H2,33,37)(H,35,38)/q-1/t16-,19+,25+/m0/s1. The van der Waals surface area contributed by atoms with Crippen LogP contribution in [0.3, 0.4) is 0 Å². The number of hydrogen-bond donors (Lipinski definition) is 2. The molecule has 1 aromatic heterocycles. The lowest BCUT2D eigenvalue weighted by atomic mass is 10.0. The number of fused-ring (bicyclic) bond motifs is 1. The monoisotopic (exact) mass is 549 g/mol. The van der Waals surface area contributed by atoms with Crippen LogP contribution in [0.1, 0.15) is 40.3 Å². The number of anilines is 1. The maximum absolute atomic E-state index is 13.4. The number of ether oxygens (including phenoxy) is 2. The van der Waals surface area contributed by atoms with Gasteiger partial charge in [-0.05, 0) is 36.0 Å². The maximum Gasteiger partial charge on any atom is 0.417 e. The highest BCUT2D eigenvalue weighted by atomic mass is 19.4. The van der Waals surface area contributed by atoms with Crippen LogP contribution in [0.15, 0.2) is 76.8 Å². The van der Waals surface area contributed by atoms with Crippen LogP contribution >= 0.6 is 0 Å². The number of carbonyl (C=O) groups excluding carboxylic acids is 1. The topological polar surface area (TPSA) is 133 Å². The van der Waals surface area contributed by atoms with Gasteiger partial charge in [-0.3, -0.25) is 9.78 Å². The first kappa shape index (κ1) is 27.0. The molecule has 2 aliphatic rings. The van der Waals surface area contributed by atoms with Crippen molar-refractivity contribution in [3.8, 4) is 0 Å². The number of alkyl halides is 3. The largest absolute Gasteiger partial charge is 0.769 e. The Kier molecular flexibility index (Phi) is 7.35. The van der Waals surface area contributed by atoms with Gasteiger partial charge in [-0.1, -0.05) is 48.5 Å². The van der Waals surface area contributed by atoms with Crippen molar-refractivity contribution in [2.45, 2.75) is 24.7 Å². The number of halogens is 3. The van der Waals surface area contributed by atoms with Crippen molar-refractivity contribution in [3.05, 3.63) is 100 Å². The number of aliphatic imine (C=N–C) groups is 2. The van der Waals surface area contributed by atoms with E-state index >= 15 is 0 Å². The quantitative estimate of drug-likeness (QED) is 0.349. The molecule has 0 unspecified atom stereocenters. The highest BCUT2D eigenvalue weighted by Crippen LogP contribution is 2.49. The molecule has 3 atom stereocenters. The molecular weight excluding hydrogens is 525 g/mol. The number of benzene rings is 2. The Bertz CT molecular complexity index is 1510. The van der Waals surface area contributed by atoms with Gasteiger partial charge in [0.15, 0.2) is 0 Å². The predicted octanol–water partition coefficient (Wildman–Crippen LogP) is 4.31. The molecule has 0 bridgehead atoms. The van der Waals surface area contributed by atoms with Gasteiger partial charge in [0.05, 0.1) is 22.7 Å². The van der Waals surface area contributed by atoms with Crippen LogP contribution in [0.25, 0.3) is 5.41 Å². The molecular formula is C28H24F3N6O3-. The van der Waals surface area contributed by atoms with Crippen LogP contribution < -0.4 is 11.1 Å². The van der Waals surface area contributed by atoms with E-state index in [0.717, 1.165) is 11.6 Å². The van der Waals surface area contributed by atoms with Crippen LogP contribution in [-0.2, 0) is 20.4 Å². The van der Waals surface area contributed by atoms with Gasteiger partial charge in [0.2, 0.25) is 6.17 Å². The van der Waals surface area contributed by atoms with E-state index in [1.807, 2.05) is 36.4 Å². The fraction of sp³-hybridized carbons (Fsp3) is 0.250. The molecule has 1 saturated carbocycles. The smallest absolute Gasteiger partial charge is 0.417 e. The fourth-order valence-corrected chi connectivity index (χ4v) is 4.58. The van der Waals surface area contributed by atoms with E-state index in [1.54, 1.807) is 18.2 Å². The van der Waals surface area contributed by atoms with Gasteiger partial charge in [0, 0.05) is 36.9 Å². The first-order valence-electron chi connectivity index (χ1n) is 12.3. The minimum Gasteiger partial charge on any atom is -0.769 e. The van der Waals surface area contributed by atoms with Gasteiger partial charge < -0.3 is 25.9 Å². The summed E-state index contributed by atoms with van der Waals surface area (Å²) in [5.74, 6) is -1.80. The number of hydrogen-bond acceptors (Lipinski definition) is 6. The SMILES string of the molecule is COC[C@@H]1C[C@H]1c1cc(C(F)(F)F)cnc1C(=[N-])O/C(N)=N/[C@H]1N=C(c2ccccc2)c2ccccc2NC1=O. The molecule has 2 aromatic carbocycles. The van der Waals surface area contributed by atoms with Crippen LogP contribution in [0.5, 0.6) is 0 Å². The molecule has 5 rings (SSSR count).